The molecule has 0 aliphatic carbocycles. The SMILES string of the molecule is CCC[C@@H](O)COc1ccc(C(F)(F)F)c(-c2nc(NC3CCN(C(=O)OC)CC3)c(C)c(-c3c(C)noc3C)n2)c1. The molecule has 3 heterocycles. The van der Waals surface area contributed by atoms with Gasteiger partial charge in [0.1, 0.15) is 23.9 Å². The molecule has 42 heavy (non-hydrogen) atoms. The van der Waals surface area contributed by atoms with Gasteiger partial charge in [-0.05, 0) is 58.2 Å². The van der Waals surface area contributed by atoms with Crippen LogP contribution in [0.3, 0.4) is 0 Å². The summed E-state index contributed by atoms with van der Waals surface area (Å²) >= 11 is 0. The van der Waals surface area contributed by atoms with E-state index in [1.165, 1.54) is 19.2 Å². The van der Waals surface area contributed by atoms with Gasteiger partial charge in [-0.3, -0.25) is 0 Å². The highest BCUT2D eigenvalue weighted by atomic mass is 19.4. The molecule has 0 bridgehead atoms. The molecule has 0 saturated carbocycles. The summed E-state index contributed by atoms with van der Waals surface area (Å²) in [7, 11) is 1.33. The molecule has 2 aromatic heterocycles. The number of benzene rings is 1. The van der Waals surface area contributed by atoms with Gasteiger partial charge in [-0.2, -0.15) is 13.2 Å². The topological polar surface area (TPSA) is 123 Å². The second kappa shape index (κ2) is 13.0. The molecule has 1 saturated heterocycles. The van der Waals surface area contributed by atoms with Gasteiger partial charge < -0.3 is 29.3 Å². The Morgan fingerprint density at radius 2 is 1.93 bits per heavy atom. The lowest BCUT2D eigenvalue weighted by molar-refractivity contribution is -0.137. The minimum atomic E-state index is -4.69. The van der Waals surface area contributed by atoms with Crippen LogP contribution in [-0.4, -0.2) is 70.2 Å². The number of nitrogens with zero attached hydrogens (tertiary/aromatic N) is 4. The summed E-state index contributed by atoms with van der Waals surface area (Å²) in [5.41, 5.74) is 0.936. The number of aryl methyl sites for hydroxylation is 2. The Morgan fingerprint density at radius 1 is 1.21 bits per heavy atom. The van der Waals surface area contributed by atoms with Crippen molar-refractivity contribution in [2.45, 2.75) is 71.7 Å². The number of aliphatic hydroxyl groups is 1. The maximum Gasteiger partial charge on any atom is 0.417 e. The molecule has 0 unspecified atom stereocenters. The van der Waals surface area contributed by atoms with E-state index < -0.39 is 23.9 Å². The van der Waals surface area contributed by atoms with E-state index in [-0.39, 0.29) is 29.8 Å². The number of halogens is 3. The van der Waals surface area contributed by atoms with Gasteiger partial charge in [-0.25, -0.2) is 14.8 Å². The van der Waals surface area contributed by atoms with Crippen LogP contribution >= 0.6 is 0 Å². The van der Waals surface area contributed by atoms with Crippen LogP contribution in [0.5, 0.6) is 5.75 Å². The van der Waals surface area contributed by atoms with E-state index in [2.05, 4.69) is 20.4 Å². The predicted octanol–water partition coefficient (Wildman–Crippen LogP) is 5.93. The predicted molar refractivity (Wildman–Crippen MR) is 149 cm³/mol. The third kappa shape index (κ3) is 6.94. The first-order chi connectivity index (χ1) is 19.9. The Balaban J connectivity index is 1.79. The molecule has 228 valence electrons. The molecule has 1 atom stereocenters. The number of ether oxygens (including phenoxy) is 2. The maximum atomic E-state index is 14.2. The summed E-state index contributed by atoms with van der Waals surface area (Å²) in [6.45, 7) is 8.01. The second-order valence-electron chi connectivity index (χ2n) is 10.4. The summed E-state index contributed by atoms with van der Waals surface area (Å²) in [4.78, 5) is 22.7. The Kier molecular flexibility index (Phi) is 9.60. The fourth-order valence-corrected chi connectivity index (χ4v) is 5.03. The van der Waals surface area contributed by atoms with Crippen LogP contribution in [0, 0.1) is 20.8 Å². The highest BCUT2D eigenvalue weighted by Crippen LogP contribution is 2.40. The molecule has 4 rings (SSSR count). The van der Waals surface area contributed by atoms with Crippen molar-refractivity contribution in [1.29, 1.82) is 0 Å². The van der Waals surface area contributed by atoms with E-state index in [0.717, 1.165) is 12.5 Å². The van der Waals surface area contributed by atoms with E-state index in [1.807, 2.05) is 6.92 Å². The van der Waals surface area contributed by atoms with E-state index in [1.54, 1.807) is 25.7 Å². The summed E-state index contributed by atoms with van der Waals surface area (Å²) < 4.78 is 58.6. The van der Waals surface area contributed by atoms with Gasteiger partial charge in [0.25, 0.3) is 0 Å². The first kappa shape index (κ1) is 31.1. The number of carbonyl (C=O) groups is 1. The Labute approximate surface area is 242 Å². The first-order valence-corrected chi connectivity index (χ1v) is 13.9. The molecule has 1 fully saturated rings. The summed E-state index contributed by atoms with van der Waals surface area (Å²) in [5, 5.41) is 17.5. The monoisotopic (exact) mass is 591 g/mol. The normalized spacial score (nSPS) is 15.0. The molecule has 13 heteroatoms. The number of carbonyl (C=O) groups excluding carboxylic acids is 1. The average molecular weight is 592 g/mol. The number of amides is 1. The highest BCUT2D eigenvalue weighted by molar-refractivity contribution is 5.76. The smallest absolute Gasteiger partial charge is 0.417 e. The molecule has 2 N–H and O–H groups in total. The van der Waals surface area contributed by atoms with Crippen molar-refractivity contribution < 1.29 is 37.1 Å². The number of aliphatic hydroxyl groups excluding tert-OH is 1. The number of nitrogens with one attached hydrogen (secondary N) is 1. The molecule has 1 aliphatic heterocycles. The lowest BCUT2D eigenvalue weighted by atomic mass is 10.0. The Morgan fingerprint density at radius 3 is 2.52 bits per heavy atom. The van der Waals surface area contributed by atoms with Crippen molar-refractivity contribution in [3.8, 4) is 28.4 Å². The number of piperidine rings is 1. The van der Waals surface area contributed by atoms with Crippen molar-refractivity contribution in [3.05, 3.63) is 40.8 Å². The van der Waals surface area contributed by atoms with Crippen LogP contribution in [0.15, 0.2) is 22.7 Å². The fraction of sp³-hybridized carbons (Fsp3) is 0.517. The second-order valence-corrected chi connectivity index (χ2v) is 10.4. The van der Waals surface area contributed by atoms with E-state index in [0.29, 0.717) is 66.4 Å². The molecule has 3 aromatic rings. The zero-order valence-corrected chi connectivity index (χ0v) is 24.3. The standard InChI is InChI=1S/C29H36F3N5O5/c1-6-7-20(38)15-41-21-8-9-23(29(30,31)32)22(14-21)27-34-25(24-17(3)36-42-18(24)4)16(2)26(35-27)33-19-10-12-37(13-11-19)28(39)40-5/h8-9,14,19-20,38H,6-7,10-13,15H2,1-5H3,(H,33,34,35)/t20-/m1/s1. The molecule has 1 aliphatic rings. The van der Waals surface area contributed by atoms with Gasteiger partial charge in [0.2, 0.25) is 0 Å². The van der Waals surface area contributed by atoms with Crippen molar-refractivity contribution in [1.82, 2.24) is 20.0 Å². The third-order valence-electron chi connectivity index (χ3n) is 7.29. The molecule has 0 spiro atoms. The number of anilines is 1. The van der Waals surface area contributed by atoms with Crippen molar-refractivity contribution >= 4 is 11.9 Å². The van der Waals surface area contributed by atoms with Gasteiger partial charge in [0, 0.05) is 30.3 Å². The number of methoxy groups -OCH3 is 1. The van der Waals surface area contributed by atoms with Crippen LogP contribution in [0.1, 0.15) is 55.2 Å². The van der Waals surface area contributed by atoms with Crippen LogP contribution in [0.25, 0.3) is 22.6 Å². The van der Waals surface area contributed by atoms with Gasteiger partial charge in [0.15, 0.2) is 5.82 Å². The number of hydrogen-bond donors (Lipinski definition) is 2. The summed E-state index contributed by atoms with van der Waals surface area (Å²) in [6, 6.07) is 3.32. The highest BCUT2D eigenvalue weighted by Gasteiger charge is 2.35. The minimum absolute atomic E-state index is 0.0607. The van der Waals surface area contributed by atoms with Gasteiger partial charge in [-0.15, -0.1) is 0 Å². The zero-order chi connectivity index (χ0) is 30.6. The molecular formula is C29H36F3N5O5. The third-order valence-corrected chi connectivity index (χ3v) is 7.29. The molecule has 10 nitrogen and oxygen atoms in total. The quantitative estimate of drug-likeness (QED) is 0.312. The van der Waals surface area contributed by atoms with Crippen LogP contribution in [-0.2, 0) is 10.9 Å². The number of likely N-dealkylation sites (tertiary alicyclic amines) is 1. The van der Waals surface area contributed by atoms with Gasteiger partial charge in [0.05, 0.1) is 35.7 Å². The minimum Gasteiger partial charge on any atom is -0.491 e. The van der Waals surface area contributed by atoms with Crippen LogP contribution < -0.4 is 10.1 Å². The summed E-state index contributed by atoms with van der Waals surface area (Å²) in [5.74, 6) is 0.831. The lowest BCUT2D eigenvalue weighted by Gasteiger charge is -2.32. The number of aromatic nitrogens is 3. The average Bonchev–Trinajstić information content (AvgIpc) is 3.29. The van der Waals surface area contributed by atoms with E-state index >= 15 is 0 Å². The Bertz CT molecular complexity index is 1380. The molecule has 0 radical (unpaired) electrons. The van der Waals surface area contributed by atoms with E-state index in [4.69, 9.17) is 14.0 Å². The maximum absolute atomic E-state index is 14.2. The zero-order valence-electron chi connectivity index (χ0n) is 24.3. The Hall–Kier alpha value is -3.87. The number of hydrogen-bond acceptors (Lipinski definition) is 9. The number of alkyl halides is 3. The lowest BCUT2D eigenvalue weighted by Crippen LogP contribution is -2.42. The number of rotatable bonds is 9. The van der Waals surface area contributed by atoms with E-state index in [9.17, 15) is 23.1 Å². The molecule has 1 aromatic carbocycles. The summed E-state index contributed by atoms with van der Waals surface area (Å²) in [6.07, 6.45) is -3.42. The van der Waals surface area contributed by atoms with Crippen molar-refractivity contribution in [2.75, 3.05) is 32.1 Å². The first-order valence-electron chi connectivity index (χ1n) is 13.9. The molecule has 1 amide bonds. The van der Waals surface area contributed by atoms with Crippen LogP contribution in [0.2, 0.25) is 0 Å². The fourth-order valence-electron chi connectivity index (χ4n) is 5.03. The van der Waals surface area contributed by atoms with Crippen molar-refractivity contribution in [2.24, 2.45) is 0 Å². The molecular weight excluding hydrogens is 555 g/mol. The van der Waals surface area contributed by atoms with Gasteiger partial charge in [-0.1, -0.05) is 18.5 Å². The van der Waals surface area contributed by atoms with Gasteiger partial charge >= 0.3 is 12.3 Å². The van der Waals surface area contributed by atoms with Crippen LogP contribution in [0.4, 0.5) is 23.8 Å². The largest absolute Gasteiger partial charge is 0.491 e. The van der Waals surface area contributed by atoms with Crippen molar-refractivity contribution in [3.63, 3.8) is 0 Å².